The average molecular weight is 395 g/mol. The normalized spacial score (nSPS) is 16.6. The second-order valence-electron chi connectivity index (χ2n) is 9.16. The van der Waals surface area contributed by atoms with E-state index in [1.165, 1.54) is 18.2 Å². The molecule has 4 heteroatoms. The number of fused-ring (bicyclic) bond motifs is 1. The van der Waals surface area contributed by atoms with Crippen molar-refractivity contribution in [3.05, 3.63) is 64.2 Å². The van der Waals surface area contributed by atoms with Crippen LogP contribution >= 0.6 is 0 Å². The lowest BCUT2D eigenvalue weighted by Crippen LogP contribution is -2.34. The van der Waals surface area contributed by atoms with Crippen molar-refractivity contribution in [1.29, 1.82) is 0 Å². The van der Waals surface area contributed by atoms with Crippen molar-refractivity contribution in [3.63, 3.8) is 0 Å². The zero-order valence-electron chi connectivity index (χ0n) is 18.2. The van der Waals surface area contributed by atoms with Crippen molar-refractivity contribution in [2.24, 2.45) is 0 Å². The van der Waals surface area contributed by atoms with Gasteiger partial charge in [-0.2, -0.15) is 0 Å². The molecule has 1 aliphatic carbocycles. The van der Waals surface area contributed by atoms with Crippen LogP contribution in [0.1, 0.15) is 77.9 Å². The summed E-state index contributed by atoms with van der Waals surface area (Å²) < 4.78 is 10.5. The van der Waals surface area contributed by atoms with Gasteiger partial charge in [0.05, 0.1) is 19.8 Å². The molecule has 0 spiro atoms. The molecule has 0 unspecified atom stereocenters. The molecule has 0 radical (unpaired) electrons. The van der Waals surface area contributed by atoms with Crippen molar-refractivity contribution in [1.82, 2.24) is 0 Å². The molecular weight excluding hydrogens is 364 g/mol. The van der Waals surface area contributed by atoms with Gasteiger partial charge in [0, 0.05) is 17.5 Å². The van der Waals surface area contributed by atoms with Crippen LogP contribution in [0.5, 0.6) is 5.75 Å². The Labute approximate surface area is 173 Å². The van der Waals surface area contributed by atoms with Crippen LogP contribution in [0.2, 0.25) is 0 Å². The van der Waals surface area contributed by atoms with E-state index >= 15 is 0 Å². The van der Waals surface area contributed by atoms with Crippen LogP contribution in [0.15, 0.2) is 36.4 Å². The first kappa shape index (κ1) is 21.1. The molecule has 0 N–H and O–H groups in total. The van der Waals surface area contributed by atoms with E-state index in [0.29, 0.717) is 11.1 Å². The third kappa shape index (κ3) is 4.07. The first-order valence-corrected chi connectivity index (χ1v) is 10.0. The first-order valence-electron chi connectivity index (χ1n) is 10.0. The molecular formula is C25H30O4. The maximum absolute atomic E-state index is 13.1. The van der Waals surface area contributed by atoms with Gasteiger partial charge in [-0.05, 0) is 59.1 Å². The molecule has 4 nitrogen and oxygen atoms in total. The van der Waals surface area contributed by atoms with Crippen LogP contribution in [0.3, 0.4) is 0 Å². The number of hydrogen-bond donors (Lipinski definition) is 0. The van der Waals surface area contributed by atoms with Gasteiger partial charge in [0.1, 0.15) is 5.75 Å². The fourth-order valence-corrected chi connectivity index (χ4v) is 4.22. The van der Waals surface area contributed by atoms with Crippen molar-refractivity contribution in [2.75, 3.05) is 14.2 Å². The number of carbonyl (C=O) groups is 2. The summed E-state index contributed by atoms with van der Waals surface area (Å²) in [6, 6.07) is 10.9. The summed E-state index contributed by atoms with van der Waals surface area (Å²) in [5.74, 6) is 0.452. The van der Waals surface area contributed by atoms with E-state index < -0.39 is 0 Å². The number of carbonyl (C=O) groups excluding carboxylic acids is 2. The highest BCUT2D eigenvalue weighted by atomic mass is 16.5. The Morgan fingerprint density at radius 3 is 2.10 bits per heavy atom. The molecule has 0 atom stereocenters. The standard InChI is InChI=1S/C25H30O4/c1-24(2)11-12-25(3,4)22-19(24)14-18(15-21(22)28-5)20(26)13-16-7-9-17(10-8-16)23(27)29-6/h7-10,14-15H,11-13H2,1-6H3. The predicted octanol–water partition coefficient (Wildman–Crippen LogP) is 5.26. The van der Waals surface area contributed by atoms with Crippen molar-refractivity contribution in [3.8, 4) is 5.75 Å². The summed E-state index contributed by atoms with van der Waals surface area (Å²) in [7, 11) is 3.03. The lowest BCUT2D eigenvalue weighted by molar-refractivity contribution is 0.0600. The average Bonchev–Trinajstić information content (AvgIpc) is 2.70. The lowest BCUT2D eigenvalue weighted by atomic mass is 9.62. The van der Waals surface area contributed by atoms with E-state index in [-0.39, 0.29) is 29.0 Å². The number of esters is 1. The molecule has 2 aromatic carbocycles. The molecule has 3 rings (SSSR count). The number of hydrogen-bond acceptors (Lipinski definition) is 4. The van der Waals surface area contributed by atoms with Gasteiger partial charge in [-0.25, -0.2) is 4.79 Å². The molecule has 1 aliphatic rings. The van der Waals surface area contributed by atoms with Crippen LogP contribution < -0.4 is 4.74 Å². The van der Waals surface area contributed by atoms with Crippen LogP contribution in [0.4, 0.5) is 0 Å². The Kier molecular flexibility index (Phi) is 5.57. The van der Waals surface area contributed by atoms with E-state index in [0.717, 1.165) is 24.2 Å². The highest BCUT2D eigenvalue weighted by molar-refractivity contribution is 5.98. The topological polar surface area (TPSA) is 52.6 Å². The largest absolute Gasteiger partial charge is 0.496 e. The monoisotopic (exact) mass is 394 g/mol. The van der Waals surface area contributed by atoms with E-state index in [9.17, 15) is 9.59 Å². The maximum atomic E-state index is 13.1. The highest BCUT2D eigenvalue weighted by Gasteiger charge is 2.39. The quantitative estimate of drug-likeness (QED) is 0.513. The van der Waals surface area contributed by atoms with Gasteiger partial charge in [0.2, 0.25) is 0 Å². The number of rotatable bonds is 5. The third-order valence-electron chi connectivity index (χ3n) is 6.16. The van der Waals surface area contributed by atoms with Crippen molar-refractivity contribution < 1.29 is 19.1 Å². The third-order valence-corrected chi connectivity index (χ3v) is 6.16. The second kappa shape index (κ2) is 7.66. The first-order chi connectivity index (χ1) is 13.6. The summed E-state index contributed by atoms with van der Waals surface area (Å²) in [6.07, 6.45) is 2.43. The zero-order chi connectivity index (χ0) is 21.4. The molecule has 0 fully saturated rings. The van der Waals surface area contributed by atoms with Gasteiger partial charge in [-0.3, -0.25) is 4.79 Å². The van der Waals surface area contributed by atoms with Crippen LogP contribution in [-0.2, 0) is 22.0 Å². The second-order valence-corrected chi connectivity index (χ2v) is 9.16. The van der Waals surface area contributed by atoms with Gasteiger partial charge >= 0.3 is 5.97 Å². The minimum absolute atomic E-state index is 0.00339. The smallest absolute Gasteiger partial charge is 0.337 e. The highest BCUT2D eigenvalue weighted by Crippen LogP contribution is 2.49. The summed E-state index contributed by atoms with van der Waals surface area (Å²) in [5.41, 5.74) is 4.44. The molecule has 0 aliphatic heterocycles. The number of methoxy groups -OCH3 is 2. The fourth-order valence-electron chi connectivity index (χ4n) is 4.22. The minimum atomic E-state index is -0.382. The van der Waals surface area contributed by atoms with Gasteiger partial charge in [-0.15, -0.1) is 0 Å². The number of Topliss-reactive ketones (excluding diaryl/α,β-unsaturated/α-hetero) is 1. The van der Waals surface area contributed by atoms with E-state index in [4.69, 9.17) is 9.47 Å². The summed E-state index contributed by atoms with van der Waals surface area (Å²) in [5, 5.41) is 0. The van der Waals surface area contributed by atoms with E-state index in [2.05, 4.69) is 33.8 Å². The summed E-state index contributed by atoms with van der Waals surface area (Å²) in [6.45, 7) is 8.96. The number of benzene rings is 2. The van der Waals surface area contributed by atoms with Gasteiger partial charge in [-0.1, -0.05) is 39.8 Å². The van der Waals surface area contributed by atoms with Crippen molar-refractivity contribution in [2.45, 2.75) is 57.8 Å². The number of ketones is 1. The summed E-state index contributed by atoms with van der Waals surface area (Å²) in [4.78, 5) is 24.7. The Bertz CT molecular complexity index is 936. The SMILES string of the molecule is COC(=O)c1ccc(CC(=O)c2cc(OC)c3c(c2)C(C)(C)CCC3(C)C)cc1. The van der Waals surface area contributed by atoms with Crippen LogP contribution in [-0.4, -0.2) is 26.0 Å². The van der Waals surface area contributed by atoms with Gasteiger partial charge in [0.15, 0.2) is 5.78 Å². The zero-order valence-corrected chi connectivity index (χ0v) is 18.2. The van der Waals surface area contributed by atoms with Crippen molar-refractivity contribution >= 4 is 11.8 Å². The van der Waals surface area contributed by atoms with Crippen LogP contribution in [0, 0.1) is 0 Å². The molecule has 0 saturated carbocycles. The van der Waals surface area contributed by atoms with Gasteiger partial charge < -0.3 is 9.47 Å². The molecule has 0 heterocycles. The van der Waals surface area contributed by atoms with E-state index in [1.54, 1.807) is 31.4 Å². The predicted molar refractivity (Wildman–Crippen MR) is 114 cm³/mol. The number of ether oxygens (including phenoxy) is 2. The van der Waals surface area contributed by atoms with E-state index in [1.807, 2.05) is 6.07 Å². The van der Waals surface area contributed by atoms with Crippen LogP contribution in [0.25, 0.3) is 0 Å². The Morgan fingerprint density at radius 1 is 0.897 bits per heavy atom. The Hall–Kier alpha value is -2.62. The maximum Gasteiger partial charge on any atom is 0.337 e. The minimum Gasteiger partial charge on any atom is -0.496 e. The van der Waals surface area contributed by atoms with Gasteiger partial charge in [0.25, 0.3) is 0 Å². The molecule has 29 heavy (non-hydrogen) atoms. The molecule has 0 bridgehead atoms. The Morgan fingerprint density at radius 2 is 1.52 bits per heavy atom. The molecule has 154 valence electrons. The fraction of sp³-hybridized carbons (Fsp3) is 0.440. The Balaban J connectivity index is 1.95. The molecule has 0 aromatic heterocycles. The summed E-state index contributed by atoms with van der Waals surface area (Å²) >= 11 is 0. The molecule has 0 amide bonds. The molecule has 2 aromatic rings. The molecule has 0 saturated heterocycles. The lowest BCUT2D eigenvalue weighted by Gasteiger charge is -2.42.